The van der Waals surface area contributed by atoms with Crippen LogP contribution >= 0.6 is 0 Å². The normalized spacial score (nSPS) is 15.6. The SMILES string of the molecule is O=C(Nc1ccccc1NC(=O)[C@H]1CC(=O)N(c2ccc(F)cc2)C1)c1ccccn1. The van der Waals surface area contributed by atoms with Crippen LogP contribution in [0.3, 0.4) is 0 Å². The maximum Gasteiger partial charge on any atom is 0.274 e. The molecular formula is C23H19FN4O3. The number of halogens is 1. The lowest BCUT2D eigenvalue weighted by atomic mass is 10.1. The number of rotatable bonds is 5. The highest BCUT2D eigenvalue weighted by Crippen LogP contribution is 2.28. The summed E-state index contributed by atoms with van der Waals surface area (Å²) in [6.07, 6.45) is 1.57. The molecule has 0 bridgehead atoms. The predicted octanol–water partition coefficient (Wildman–Crippen LogP) is 3.46. The second kappa shape index (κ2) is 8.74. The summed E-state index contributed by atoms with van der Waals surface area (Å²) in [5, 5.41) is 5.54. The van der Waals surface area contributed by atoms with Gasteiger partial charge in [-0.3, -0.25) is 19.4 Å². The average molecular weight is 418 g/mol. The molecule has 31 heavy (non-hydrogen) atoms. The molecule has 2 heterocycles. The van der Waals surface area contributed by atoms with Gasteiger partial charge >= 0.3 is 0 Å². The van der Waals surface area contributed by atoms with Gasteiger partial charge < -0.3 is 15.5 Å². The fourth-order valence-corrected chi connectivity index (χ4v) is 3.37. The van der Waals surface area contributed by atoms with Crippen LogP contribution in [0, 0.1) is 11.7 Å². The molecular weight excluding hydrogens is 399 g/mol. The Bertz CT molecular complexity index is 1120. The van der Waals surface area contributed by atoms with Gasteiger partial charge in [0, 0.05) is 24.8 Å². The van der Waals surface area contributed by atoms with Gasteiger partial charge in [-0.15, -0.1) is 0 Å². The quantitative estimate of drug-likeness (QED) is 0.664. The number of amides is 3. The molecule has 1 aliphatic heterocycles. The van der Waals surface area contributed by atoms with Gasteiger partial charge in [0.05, 0.1) is 17.3 Å². The Morgan fingerprint density at radius 2 is 1.61 bits per heavy atom. The first-order valence-corrected chi connectivity index (χ1v) is 9.69. The van der Waals surface area contributed by atoms with Crippen LogP contribution in [0.15, 0.2) is 72.9 Å². The second-order valence-electron chi connectivity index (χ2n) is 7.09. The third-order valence-corrected chi connectivity index (χ3v) is 4.96. The number of aromatic nitrogens is 1. The number of para-hydroxylation sites is 2. The fourth-order valence-electron chi connectivity index (χ4n) is 3.37. The molecule has 1 aromatic heterocycles. The molecule has 2 N–H and O–H groups in total. The Labute approximate surface area is 177 Å². The minimum absolute atomic E-state index is 0.0473. The van der Waals surface area contributed by atoms with Gasteiger partial charge in [0.2, 0.25) is 11.8 Å². The van der Waals surface area contributed by atoms with Gasteiger partial charge in [0.15, 0.2) is 0 Å². The van der Waals surface area contributed by atoms with Gasteiger partial charge in [-0.05, 0) is 48.5 Å². The number of benzene rings is 2. The molecule has 1 atom stereocenters. The summed E-state index contributed by atoms with van der Waals surface area (Å²) >= 11 is 0. The van der Waals surface area contributed by atoms with E-state index < -0.39 is 17.6 Å². The summed E-state index contributed by atoms with van der Waals surface area (Å²) in [7, 11) is 0. The van der Waals surface area contributed by atoms with Crippen LogP contribution in [-0.4, -0.2) is 29.3 Å². The highest BCUT2D eigenvalue weighted by Gasteiger charge is 2.35. The number of carbonyl (C=O) groups is 3. The molecule has 0 aliphatic carbocycles. The van der Waals surface area contributed by atoms with Crippen molar-refractivity contribution in [1.29, 1.82) is 0 Å². The van der Waals surface area contributed by atoms with Crippen molar-refractivity contribution >= 4 is 34.8 Å². The van der Waals surface area contributed by atoms with Crippen molar-refractivity contribution < 1.29 is 18.8 Å². The van der Waals surface area contributed by atoms with Crippen molar-refractivity contribution in [3.63, 3.8) is 0 Å². The molecule has 0 saturated carbocycles. The van der Waals surface area contributed by atoms with E-state index in [1.54, 1.807) is 42.5 Å². The van der Waals surface area contributed by atoms with E-state index in [2.05, 4.69) is 15.6 Å². The molecule has 1 fully saturated rings. The molecule has 3 amide bonds. The maximum atomic E-state index is 13.2. The van der Waals surface area contributed by atoms with Crippen LogP contribution in [0.2, 0.25) is 0 Å². The van der Waals surface area contributed by atoms with E-state index in [1.165, 1.54) is 35.4 Å². The Morgan fingerprint density at radius 1 is 0.935 bits per heavy atom. The highest BCUT2D eigenvalue weighted by molar-refractivity contribution is 6.08. The molecule has 0 spiro atoms. The van der Waals surface area contributed by atoms with Crippen LogP contribution in [0.5, 0.6) is 0 Å². The van der Waals surface area contributed by atoms with E-state index in [1.807, 2.05) is 0 Å². The molecule has 1 aliphatic rings. The maximum absolute atomic E-state index is 13.2. The molecule has 156 valence electrons. The second-order valence-corrected chi connectivity index (χ2v) is 7.09. The lowest BCUT2D eigenvalue weighted by Crippen LogP contribution is -2.28. The minimum Gasteiger partial charge on any atom is -0.324 e. The van der Waals surface area contributed by atoms with E-state index in [9.17, 15) is 18.8 Å². The van der Waals surface area contributed by atoms with Crippen molar-refractivity contribution in [1.82, 2.24) is 4.98 Å². The van der Waals surface area contributed by atoms with Crippen molar-refractivity contribution in [3.05, 3.63) is 84.4 Å². The van der Waals surface area contributed by atoms with Crippen LogP contribution in [0.1, 0.15) is 16.9 Å². The third kappa shape index (κ3) is 4.58. The van der Waals surface area contributed by atoms with Crippen LogP contribution in [0.25, 0.3) is 0 Å². The lowest BCUT2D eigenvalue weighted by molar-refractivity contribution is -0.122. The summed E-state index contributed by atoms with van der Waals surface area (Å²) < 4.78 is 13.2. The van der Waals surface area contributed by atoms with E-state index in [4.69, 9.17) is 0 Å². The molecule has 8 heteroatoms. The van der Waals surface area contributed by atoms with Gasteiger partial charge in [-0.2, -0.15) is 0 Å². The van der Waals surface area contributed by atoms with Crippen LogP contribution < -0.4 is 15.5 Å². The molecule has 2 aromatic carbocycles. The van der Waals surface area contributed by atoms with Gasteiger partial charge in [0.25, 0.3) is 5.91 Å². The summed E-state index contributed by atoms with van der Waals surface area (Å²) in [4.78, 5) is 43.1. The lowest BCUT2D eigenvalue weighted by Gasteiger charge is -2.17. The number of anilines is 3. The molecule has 7 nitrogen and oxygen atoms in total. The number of carbonyl (C=O) groups excluding carboxylic acids is 3. The first-order chi connectivity index (χ1) is 15.0. The topological polar surface area (TPSA) is 91.4 Å². The van der Waals surface area contributed by atoms with Gasteiger partial charge in [-0.25, -0.2) is 4.39 Å². The summed E-state index contributed by atoms with van der Waals surface area (Å²) in [6, 6.07) is 17.4. The third-order valence-electron chi connectivity index (χ3n) is 4.96. The summed E-state index contributed by atoms with van der Waals surface area (Å²) in [6.45, 7) is 0.193. The standard InChI is InChI=1S/C23H19FN4O3/c24-16-8-10-17(11-9-16)28-14-15(13-21(28)29)22(30)26-18-5-1-2-6-19(18)27-23(31)20-7-3-4-12-25-20/h1-12,15H,13-14H2,(H,26,30)(H,27,31)/t15-/m0/s1. The number of hydrogen-bond donors (Lipinski definition) is 2. The Hall–Kier alpha value is -4.07. The number of nitrogens with zero attached hydrogens (tertiary/aromatic N) is 2. The fraction of sp³-hybridized carbons (Fsp3) is 0.130. The largest absolute Gasteiger partial charge is 0.324 e. The van der Waals surface area contributed by atoms with E-state index in [0.717, 1.165) is 0 Å². The number of pyridine rings is 1. The first kappa shape index (κ1) is 20.2. The monoisotopic (exact) mass is 418 g/mol. The van der Waals surface area contributed by atoms with E-state index in [0.29, 0.717) is 17.1 Å². The minimum atomic E-state index is -0.572. The Kier molecular flexibility index (Phi) is 5.70. The summed E-state index contributed by atoms with van der Waals surface area (Å²) in [5.41, 5.74) is 1.64. The predicted molar refractivity (Wildman–Crippen MR) is 114 cm³/mol. The van der Waals surface area contributed by atoms with Gasteiger partial charge in [-0.1, -0.05) is 18.2 Å². The smallest absolute Gasteiger partial charge is 0.274 e. The first-order valence-electron chi connectivity index (χ1n) is 9.69. The number of nitrogens with one attached hydrogen (secondary N) is 2. The molecule has 0 unspecified atom stereocenters. The Balaban J connectivity index is 1.45. The van der Waals surface area contributed by atoms with Crippen molar-refractivity contribution in [2.24, 2.45) is 5.92 Å². The molecule has 3 aromatic rings. The average Bonchev–Trinajstić information content (AvgIpc) is 3.18. The van der Waals surface area contributed by atoms with Crippen LogP contribution in [0.4, 0.5) is 21.5 Å². The van der Waals surface area contributed by atoms with Crippen molar-refractivity contribution in [2.75, 3.05) is 22.1 Å². The zero-order chi connectivity index (χ0) is 21.8. The Morgan fingerprint density at radius 3 is 2.29 bits per heavy atom. The van der Waals surface area contributed by atoms with Crippen LogP contribution in [-0.2, 0) is 9.59 Å². The zero-order valence-electron chi connectivity index (χ0n) is 16.4. The molecule has 1 saturated heterocycles. The van der Waals surface area contributed by atoms with Crippen molar-refractivity contribution in [3.8, 4) is 0 Å². The van der Waals surface area contributed by atoms with Crippen molar-refractivity contribution in [2.45, 2.75) is 6.42 Å². The highest BCUT2D eigenvalue weighted by atomic mass is 19.1. The van der Waals surface area contributed by atoms with Gasteiger partial charge in [0.1, 0.15) is 11.5 Å². The molecule has 0 radical (unpaired) electrons. The summed E-state index contributed by atoms with van der Waals surface area (Å²) in [5.74, 6) is -1.91. The van der Waals surface area contributed by atoms with E-state index >= 15 is 0 Å². The van der Waals surface area contributed by atoms with E-state index in [-0.39, 0.29) is 30.5 Å². The molecule has 4 rings (SSSR count). The number of hydrogen-bond acceptors (Lipinski definition) is 4. The zero-order valence-corrected chi connectivity index (χ0v) is 16.4.